The minimum absolute atomic E-state index is 0.379. The van der Waals surface area contributed by atoms with Crippen molar-refractivity contribution in [3.8, 4) is 44.5 Å². The highest BCUT2D eigenvalue weighted by Gasteiger charge is 2.54. The van der Waals surface area contributed by atoms with Crippen LogP contribution in [0.1, 0.15) is 44.5 Å². The van der Waals surface area contributed by atoms with Gasteiger partial charge in [-0.2, -0.15) is 0 Å². The van der Waals surface area contributed by atoms with Gasteiger partial charge in [-0.1, -0.05) is 170 Å². The fraction of sp³-hybridized carbons (Fsp3) is 0.0400. The maximum atomic E-state index is 4.15. The normalized spacial score (nSPS) is 15.0. The van der Waals surface area contributed by atoms with Crippen molar-refractivity contribution in [2.24, 2.45) is 0 Å². The third-order valence-corrected chi connectivity index (χ3v) is 12.3. The van der Waals surface area contributed by atoms with E-state index in [-0.39, 0.29) is 5.41 Å². The predicted molar refractivity (Wildman–Crippen MR) is 209 cm³/mol. The quantitative estimate of drug-likeness (QED) is 0.197. The summed E-state index contributed by atoms with van der Waals surface area (Å²) in [7, 11) is 0. The Kier molecular flexibility index (Phi) is 5.17. The molecule has 0 aliphatic heterocycles. The maximum Gasteiger partial charge on any atom is 0.0745 e. The molecule has 12 rings (SSSR count). The molecule has 0 bridgehead atoms. The molecule has 0 radical (unpaired) electrons. The first-order valence-corrected chi connectivity index (χ1v) is 18.0. The van der Waals surface area contributed by atoms with E-state index in [4.69, 9.17) is 0 Å². The molecule has 8 aromatic carbocycles. The van der Waals surface area contributed by atoms with E-state index >= 15 is 0 Å². The van der Waals surface area contributed by atoms with Crippen LogP contribution in [0.25, 0.3) is 44.5 Å². The summed E-state index contributed by atoms with van der Waals surface area (Å²) < 4.78 is 0. The molecule has 1 heteroatoms. The molecule has 236 valence electrons. The Bertz CT molecular complexity index is 2690. The zero-order chi connectivity index (χ0) is 33.3. The second kappa shape index (κ2) is 9.62. The third kappa shape index (κ3) is 3.11. The van der Waals surface area contributed by atoms with Gasteiger partial charge in [-0.15, -0.1) is 0 Å². The Labute approximate surface area is 297 Å². The molecule has 1 nitrogen and oxygen atoms in total. The van der Waals surface area contributed by atoms with Crippen LogP contribution >= 0.6 is 0 Å². The molecule has 0 saturated heterocycles. The topological polar surface area (TPSA) is 12.0 Å². The second-order valence-electron chi connectivity index (χ2n) is 14.4. The Hall–Kier alpha value is -6.44. The number of hydrogen-bond donors (Lipinski definition) is 1. The molecule has 8 aromatic rings. The molecule has 4 aliphatic carbocycles. The van der Waals surface area contributed by atoms with Gasteiger partial charge < -0.3 is 5.32 Å². The van der Waals surface area contributed by atoms with Gasteiger partial charge >= 0.3 is 0 Å². The molecule has 0 unspecified atom stereocenters. The highest BCUT2D eigenvalue weighted by atomic mass is 14.9. The van der Waals surface area contributed by atoms with E-state index in [0.717, 1.165) is 11.4 Å². The lowest BCUT2D eigenvalue weighted by molar-refractivity contribution is 0.793. The highest BCUT2D eigenvalue weighted by Crippen LogP contribution is 2.66. The van der Waals surface area contributed by atoms with Crippen LogP contribution in [0.4, 0.5) is 11.4 Å². The number of benzene rings is 8. The summed E-state index contributed by atoms with van der Waals surface area (Å²) in [5.41, 5.74) is 22.8. The van der Waals surface area contributed by atoms with Crippen molar-refractivity contribution in [1.29, 1.82) is 0 Å². The van der Waals surface area contributed by atoms with Crippen LogP contribution in [0.15, 0.2) is 182 Å². The van der Waals surface area contributed by atoms with Crippen molar-refractivity contribution >= 4 is 11.4 Å². The van der Waals surface area contributed by atoms with Gasteiger partial charge in [0.15, 0.2) is 0 Å². The van der Waals surface area contributed by atoms with Gasteiger partial charge in [-0.3, -0.25) is 0 Å². The van der Waals surface area contributed by atoms with Crippen LogP contribution in [0.5, 0.6) is 0 Å². The molecule has 0 fully saturated rings. The summed E-state index contributed by atoms with van der Waals surface area (Å²) in [4.78, 5) is 0. The smallest absolute Gasteiger partial charge is 0.0745 e. The van der Waals surface area contributed by atoms with Crippen molar-refractivity contribution in [2.45, 2.75) is 10.8 Å². The molecule has 4 aliphatic rings. The SMILES string of the molecule is c1ccc2c(c1)-c1ccccc1C21c2ccccc2-c2c(Nc3cccc4c3C3(c5ccccc5-c5ccccc53)c3ccccc3-4)cccc21. The molecule has 0 heterocycles. The summed E-state index contributed by atoms with van der Waals surface area (Å²) in [6.07, 6.45) is 0. The Morgan fingerprint density at radius 3 is 1.10 bits per heavy atom. The van der Waals surface area contributed by atoms with Gasteiger partial charge in [0.05, 0.1) is 10.8 Å². The largest absolute Gasteiger partial charge is 0.355 e. The molecule has 0 aromatic heterocycles. The highest BCUT2D eigenvalue weighted by molar-refractivity contribution is 6.02. The van der Waals surface area contributed by atoms with Crippen molar-refractivity contribution in [3.63, 3.8) is 0 Å². The summed E-state index contributed by atoms with van der Waals surface area (Å²) in [6.45, 7) is 0. The molecule has 51 heavy (non-hydrogen) atoms. The minimum atomic E-state index is -0.427. The number of anilines is 2. The monoisotopic (exact) mass is 645 g/mol. The molecule has 0 atom stereocenters. The Morgan fingerprint density at radius 1 is 0.255 bits per heavy atom. The van der Waals surface area contributed by atoms with Gasteiger partial charge in [0, 0.05) is 22.5 Å². The fourth-order valence-electron chi connectivity index (χ4n) is 10.7. The van der Waals surface area contributed by atoms with E-state index in [0.29, 0.717) is 0 Å². The van der Waals surface area contributed by atoms with E-state index in [1.165, 1.54) is 89.0 Å². The number of rotatable bonds is 2. The van der Waals surface area contributed by atoms with Crippen LogP contribution in [0.2, 0.25) is 0 Å². The van der Waals surface area contributed by atoms with Crippen LogP contribution in [-0.2, 0) is 10.8 Å². The number of fused-ring (bicyclic) bond motifs is 20. The van der Waals surface area contributed by atoms with Crippen molar-refractivity contribution in [3.05, 3.63) is 226 Å². The van der Waals surface area contributed by atoms with Crippen molar-refractivity contribution in [1.82, 2.24) is 0 Å². The van der Waals surface area contributed by atoms with Crippen LogP contribution < -0.4 is 5.32 Å². The minimum Gasteiger partial charge on any atom is -0.355 e. The lowest BCUT2D eigenvalue weighted by atomic mass is 9.70. The summed E-state index contributed by atoms with van der Waals surface area (Å²) in [5, 5.41) is 4.15. The average molecular weight is 646 g/mol. The van der Waals surface area contributed by atoms with E-state index in [2.05, 4.69) is 187 Å². The Morgan fingerprint density at radius 2 is 0.588 bits per heavy atom. The predicted octanol–water partition coefficient (Wildman–Crippen LogP) is 12.1. The van der Waals surface area contributed by atoms with Gasteiger partial charge in [0.25, 0.3) is 0 Å². The Balaban J connectivity index is 1.14. The van der Waals surface area contributed by atoms with E-state index in [1.54, 1.807) is 0 Å². The first-order valence-electron chi connectivity index (χ1n) is 18.0. The molecule has 2 spiro atoms. The molecular formula is C50H31N. The van der Waals surface area contributed by atoms with Crippen molar-refractivity contribution < 1.29 is 0 Å². The van der Waals surface area contributed by atoms with Crippen LogP contribution in [0, 0.1) is 0 Å². The van der Waals surface area contributed by atoms with Crippen LogP contribution in [0.3, 0.4) is 0 Å². The fourth-order valence-corrected chi connectivity index (χ4v) is 10.7. The van der Waals surface area contributed by atoms with E-state index < -0.39 is 5.41 Å². The van der Waals surface area contributed by atoms with Gasteiger partial charge in [-0.25, -0.2) is 0 Å². The number of hydrogen-bond acceptors (Lipinski definition) is 1. The maximum absolute atomic E-state index is 4.15. The standard InChI is InChI=1S/C50H31N/c1-7-22-38-31(15-1)32-16-2-8-23-39(32)49(38)43-27-12-6-20-37(43)47-44(49)28-14-29-45(47)51-46-30-13-21-36-35-19-5-11-26-42(35)50(48(36)46)40-24-9-3-17-33(40)34-18-4-10-25-41(34)50/h1-30,51H. The van der Waals surface area contributed by atoms with Crippen molar-refractivity contribution in [2.75, 3.05) is 5.32 Å². The third-order valence-electron chi connectivity index (χ3n) is 12.3. The summed E-state index contributed by atoms with van der Waals surface area (Å²) in [5.74, 6) is 0. The van der Waals surface area contributed by atoms with Gasteiger partial charge in [0.1, 0.15) is 0 Å². The molecule has 0 amide bonds. The molecule has 0 saturated carbocycles. The first kappa shape index (κ1) is 27.4. The van der Waals surface area contributed by atoms with Gasteiger partial charge in [0.2, 0.25) is 0 Å². The van der Waals surface area contributed by atoms with E-state index in [9.17, 15) is 0 Å². The van der Waals surface area contributed by atoms with E-state index in [1.807, 2.05) is 0 Å². The summed E-state index contributed by atoms with van der Waals surface area (Å²) in [6, 6.07) is 68.1. The van der Waals surface area contributed by atoms with Crippen LogP contribution in [-0.4, -0.2) is 0 Å². The molecular weight excluding hydrogens is 615 g/mol. The zero-order valence-corrected chi connectivity index (χ0v) is 27.8. The second-order valence-corrected chi connectivity index (χ2v) is 14.4. The lowest BCUT2D eigenvalue weighted by Crippen LogP contribution is -2.27. The lowest BCUT2D eigenvalue weighted by Gasteiger charge is -2.32. The number of nitrogens with one attached hydrogen (secondary N) is 1. The first-order chi connectivity index (χ1) is 25.3. The zero-order valence-electron chi connectivity index (χ0n) is 27.8. The average Bonchev–Trinajstić information content (AvgIpc) is 3.88. The summed E-state index contributed by atoms with van der Waals surface area (Å²) >= 11 is 0. The molecule has 1 N–H and O–H groups in total. The van der Waals surface area contributed by atoms with Gasteiger partial charge in [-0.05, 0) is 90.0 Å².